The highest BCUT2D eigenvalue weighted by atomic mass is 32.2. The van der Waals surface area contributed by atoms with Gasteiger partial charge in [-0.3, -0.25) is 10.4 Å². The number of nitrogens with zero attached hydrogens (tertiary/aromatic N) is 2. The summed E-state index contributed by atoms with van der Waals surface area (Å²) >= 11 is 6.98. The van der Waals surface area contributed by atoms with Gasteiger partial charge in [-0.25, -0.2) is 4.39 Å². The number of rotatable bonds is 5. The maximum absolute atomic E-state index is 12.9. The summed E-state index contributed by atoms with van der Waals surface area (Å²) in [5.41, 5.74) is 6.61. The normalized spacial score (nSPS) is 14.2. The van der Waals surface area contributed by atoms with Gasteiger partial charge in [-0.2, -0.15) is 5.10 Å². The van der Waals surface area contributed by atoms with Crippen LogP contribution in [0.15, 0.2) is 58.6 Å². The molecule has 0 bridgehead atoms. The molecule has 0 aliphatic carbocycles. The van der Waals surface area contributed by atoms with Crippen LogP contribution in [0.3, 0.4) is 0 Å². The summed E-state index contributed by atoms with van der Waals surface area (Å²) in [5.74, 6) is 0.854. The van der Waals surface area contributed by atoms with Gasteiger partial charge in [0.1, 0.15) is 5.82 Å². The third-order valence-electron chi connectivity index (χ3n) is 4.04. The zero-order valence-corrected chi connectivity index (χ0v) is 17.2. The molecule has 3 N–H and O–H groups in total. The fourth-order valence-electron chi connectivity index (χ4n) is 2.48. The van der Waals surface area contributed by atoms with Crippen molar-refractivity contribution in [3.05, 3.63) is 65.5 Å². The van der Waals surface area contributed by atoms with Crippen LogP contribution in [0.5, 0.6) is 0 Å². The lowest BCUT2D eigenvalue weighted by molar-refractivity contribution is 0.626. The molecule has 1 heterocycles. The van der Waals surface area contributed by atoms with E-state index in [2.05, 4.69) is 26.2 Å². The van der Waals surface area contributed by atoms with E-state index in [1.807, 2.05) is 31.2 Å². The summed E-state index contributed by atoms with van der Waals surface area (Å²) in [5, 5.41) is 12.1. The molecule has 1 aliphatic heterocycles. The molecule has 8 heteroatoms. The molecular formula is C20H22FN5S2. The molecule has 2 aromatic rings. The molecular weight excluding hydrogens is 393 g/mol. The minimum atomic E-state index is -0.253. The van der Waals surface area contributed by atoms with E-state index in [1.165, 1.54) is 12.1 Å². The first-order valence-corrected chi connectivity index (χ1v) is 10.4. The molecule has 0 fully saturated rings. The number of thioether (sulfide) groups is 1. The van der Waals surface area contributed by atoms with Crippen LogP contribution in [0.1, 0.15) is 24.5 Å². The Hall–Kier alpha value is -2.45. The second kappa shape index (κ2) is 10.2. The van der Waals surface area contributed by atoms with Gasteiger partial charge in [-0.1, -0.05) is 36.0 Å². The fourth-order valence-corrected chi connectivity index (χ4v) is 3.43. The van der Waals surface area contributed by atoms with E-state index in [-0.39, 0.29) is 5.82 Å². The van der Waals surface area contributed by atoms with Crippen molar-refractivity contribution >= 4 is 45.7 Å². The first-order chi connectivity index (χ1) is 13.6. The smallest absolute Gasteiger partial charge is 0.187 e. The zero-order valence-electron chi connectivity index (χ0n) is 15.5. The maximum Gasteiger partial charge on any atom is 0.187 e. The number of hydrogen-bond acceptors (Lipinski definition) is 5. The number of thiocarbonyl (C=S) groups is 1. The Balaban J connectivity index is 1.49. The summed E-state index contributed by atoms with van der Waals surface area (Å²) in [7, 11) is 0. The van der Waals surface area contributed by atoms with Crippen molar-refractivity contribution < 1.29 is 4.39 Å². The molecule has 3 rings (SSSR count). The Bertz CT molecular complexity index is 863. The van der Waals surface area contributed by atoms with Crippen LogP contribution in [-0.4, -0.2) is 28.3 Å². The number of nitrogens with one attached hydrogen (secondary N) is 3. The minimum Gasteiger partial charge on any atom is -0.357 e. The molecule has 0 saturated heterocycles. The number of hydrogen-bond donors (Lipinski definition) is 3. The molecule has 0 atom stereocenters. The van der Waals surface area contributed by atoms with E-state index in [0.717, 1.165) is 46.4 Å². The molecule has 28 heavy (non-hydrogen) atoms. The van der Waals surface area contributed by atoms with Crippen LogP contribution in [0.2, 0.25) is 0 Å². The molecule has 0 radical (unpaired) electrons. The summed E-state index contributed by atoms with van der Waals surface area (Å²) < 4.78 is 12.9. The standard InChI is InChI=1S/C20H22FN5S2/c1-14(25-26-19(27)23-13-15-3-7-17(21)8-4-15)16-5-9-18(10-6-16)24-20-22-11-2-12-28-20/h3-10H,2,11-13H2,1H3,(H,22,24)(H2,23,26,27)/b25-14-. The zero-order chi connectivity index (χ0) is 19.8. The lowest BCUT2D eigenvalue weighted by Crippen LogP contribution is -2.32. The summed E-state index contributed by atoms with van der Waals surface area (Å²) in [6.07, 6.45) is 1.14. The highest BCUT2D eigenvalue weighted by molar-refractivity contribution is 8.14. The molecule has 0 amide bonds. The Morgan fingerprint density at radius 3 is 2.61 bits per heavy atom. The first-order valence-electron chi connectivity index (χ1n) is 8.97. The van der Waals surface area contributed by atoms with Gasteiger partial charge in [0.15, 0.2) is 10.3 Å². The van der Waals surface area contributed by atoms with E-state index in [9.17, 15) is 4.39 Å². The number of anilines is 1. The number of amidine groups is 1. The third-order valence-corrected chi connectivity index (χ3v) is 5.28. The summed E-state index contributed by atoms with van der Waals surface area (Å²) in [6.45, 7) is 3.31. The molecule has 0 aromatic heterocycles. The number of hydrazone groups is 1. The number of benzene rings is 2. The first kappa shape index (κ1) is 20.3. The molecule has 2 aromatic carbocycles. The monoisotopic (exact) mass is 415 g/mol. The Labute approximate surface area is 173 Å². The van der Waals surface area contributed by atoms with Crippen molar-refractivity contribution in [3.63, 3.8) is 0 Å². The van der Waals surface area contributed by atoms with Crippen LogP contribution in [0, 0.1) is 5.82 Å². The van der Waals surface area contributed by atoms with Gasteiger partial charge < -0.3 is 10.6 Å². The molecule has 5 nitrogen and oxygen atoms in total. The van der Waals surface area contributed by atoms with Crippen molar-refractivity contribution in [1.29, 1.82) is 0 Å². The van der Waals surface area contributed by atoms with E-state index in [1.54, 1.807) is 23.9 Å². The van der Waals surface area contributed by atoms with E-state index in [4.69, 9.17) is 12.2 Å². The lowest BCUT2D eigenvalue weighted by atomic mass is 10.1. The maximum atomic E-state index is 12.9. The van der Waals surface area contributed by atoms with Crippen LogP contribution in [0.25, 0.3) is 0 Å². The van der Waals surface area contributed by atoms with Gasteiger partial charge in [-0.15, -0.1) is 0 Å². The highest BCUT2D eigenvalue weighted by Gasteiger charge is 2.06. The second-order valence-electron chi connectivity index (χ2n) is 6.21. The van der Waals surface area contributed by atoms with Gasteiger partial charge in [-0.05, 0) is 61.0 Å². The van der Waals surface area contributed by atoms with E-state index < -0.39 is 0 Å². The Morgan fingerprint density at radius 1 is 1.18 bits per heavy atom. The molecule has 146 valence electrons. The number of aliphatic imine (C=N–C) groups is 1. The van der Waals surface area contributed by atoms with Gasteiger partial charge in [0.05, 0.1) is 5.71 Å². The Kier molecular flexibility index (Phi) is 7.39. The quantitative estimate of drug-likeness (QED) is 0.390. The van der Waals surface area contributed by atoms with Crippen LogP contribution in [-0.2, 0) is 6.54 Å². The summed E-state index contributed by atoms with van der Waals surface area (Å²) in [4.78, 5) is 4.47. The molecule has 0 saturated carbocycles. The van der Waals surface area contributed by atoms with Crippen molar-refractivity contribution in [2.75, 3.05) is 17.6 Å². The third kappa shape index (κ3) is 6.31. The predicted octanol–water partition coefficient (Wildman–Crippen LogP) is 4.12. The van der Waals surface area contributed by atoms with Crippen molar-refractivity contribution in [2.45, 2.75) is 19.9 Å². The SMILES string of the molecule is C/C(=N/NC(=S)NCc1ccc(F)cc1)c1ccc(NC2=NCCCS2)cc1. The molecule has 0 unspecified atom stereocenters. The van der Waals surface area contributed by atoms with Gasteiger partial charge >= 0.3 is 0 Å². The summed E-state index contributed by atoms with van der Waals surface area (Å²) in [6, 6.07) is 14.3. The lowest BCUT2D eigenvalue weighted by Gasteiger charge is -2.13. The average Bonchev–Trinajstić information content (AvgIpc) is 2.73. The average molecular weight is 416 g/mol. The van der Waals surface area contributed by atoms with Crippen LogP contribution in [0.4, 0.5) is 10.1 Å². The van der Waals surface area contributed by atoms with Crippen molar-refractivity contribution in [2.24, 2.45) is 10.1 Å². The van der Waals surface area contributed by atoms with Gasteiger partial charge in [0.25, 0.3) is 0 Å². The van der Waals surface area contributed by atoms with Gasteiger partial charge in [0.2, 0.25) is 0 Å². The van der Waals surface area contributed by atoms with Crippen LogP contribution >= 0.6 is 24.0 Å². The van der Waals surface area contributed by atoms with E-state index in [0.29, 0.717) is 11.7 Å². The molecule has 0 spiro atoms. The molecule has 1 aliphatic rings. The van der Waals surface area contributed by atoms with E-state index >= 15 is 0 Å². The second-order valence-corrected chi connectivity index (χ2v) is 7.70. The van der Waals surface area contributed by atoms with Crippen molar-refractivity contribution in [3.8, 4) is 0 Å². The van der Waals surface area contributed by atoms with Gasteiger partial charge in [0, 0.05) is 24.5 Å². The highest BCUT2D eigenvalue weighted by Crippen LogP contribution is 2.17. The largest absolute Gasteiger partial charge is 0.357 e. The van der Waals surface area contributed by atoms with Crippen molar-refractivity contribution in [1.82, 2.24) is 10.7 Å². The number of halogens is 1. The fraction of sp³-hybridized carbons (Fsp3) is 0.250. The topological polar surface area (TPSA) is 60.8 Å². The van der Waals surface area contributed by atoms with Crippen LogP contribution < -0.4 is 16.1 Å². The minimum absolute atomic E-state index is 0.253. The predicted molar refractivity (Wildman–Crippen MR) is 121 cm³/mol. The Morgan fingerprint density at radius 2 is 1.93 bits per heavy atom.